The molecule has 0 aromatic rings. The Hall–Kier alpha value is -0.120. The summed E-state index contributed by atoms with van der Waals surface area (Å²) in [4.78, 5) is 2.58. The molecule has 0 radical (unpaired) electrons. The Kier molecular flexibility index (Phi) is 5.93. The van der Waals surface area contributed by atoms with Crippen LogP contribution in [0, 0.1) is 5.92 Å². The van der Waals surface area contributed by atoms with Crippen LogP contribution >= 0.6 is 0 Å². The van der Waals surface area contributed by atoms with Gasteiger partial charge in [0.15, 0.2) is 0 Å². The summed E-state index contributed by atoms with van der Waals surface area (Å²) in [6.45, 7) is 10.3. The van der Waals surface area contributed by atoms with Gasteiger partial charge in [-0.15, -0.1) is 0 Å². The molecule has 0 amide bonds. The smallest absolute Gasteiger partial charge is 0.0702 e. The van der Waals surface area contributed by atoms with Crippen LogP contribution in [-0.4, -0.2) is 49.8 Å². The van der Waals surface area contributed by atoms with Crippen LogP contribution in [0.1, 0.15) is 46.0 Å². The molecule has 3 unspecified atom stereocenters. The van der Waals surface area contributed by atoms with Crippen LogP contribution < -0.4 is 5.32 Å². The number of ether oxygens (including phenoxy) is 1. The first kappa shape index (κ1) is 14.3. The van der Waals surface area contributed by atoms with Crippen LogP contribution in [-0.2, 0) is 4.74 Å². The molecule has 3 nitrogen and oxygen atoms in total. The predicted octanol–water partition coefficient (Wildman–Crippen LogP) is 2.27. The van der Waals surface area contributed by atoms with Crippen molar-refractivity contribution in [2.75, 3.05) is 32.8 Å². The topological polar surface area (TPSA) is 24.5 Å². The Morgan fingerprint density at radius 1 is 1.22 bits per heavy atom. The van der Waals surface area contributed by atoms with Crippen molar-refractivity contribution in [3.8, 4) is 0 Å². The minimum absolute atomic E-state index is 0.496. The first-order valence-electron chi connectivity index (χ1n) is 7.89. The van der Waals surface area contributed by atoms with Crippen molar-refractivity contribution in [1.82, 2.24) is 10.2 Å². The maximum absolute atomic E-state index is 5.75. The Bertz CT molecular complexity index is 229. The summed E-state index contributed by atoms with van der Waals surface area (Å²) in [7, 11) is 0. The molecule has 18 heavy (non-hydrogen) atoms. The van der Waals surface area contributed by atoms with E-state index in [2.05, 4.69) is 24.1 Å². The molecule has 1 N–H and O–H groups in total. The molecule has 2 aliphatic heterocycles. The van der Waals surface area contributed by atoms with Crippen molar-refractivity contribution in [2.45, 2.75) is 58.1 Å². The fourth-order valence-corrected chi connectivity index (χ4v) is 3.33. The third kappa shape index (κ3) is 4.22. The van der Waals surface area contributed by atoms with Crippen LogP contribution in [0.2, 0.25) is 0 Å². The largest absolute Gasteiger partial charge is 0.377 e. The fraction of sp³-hybridized carbons (Fsp3) is 1.00. The molecule has 2 saturated heterocycles. The SMILES string of the molecule is CCC1CCNC(CN(CC)CC2CCCO2)C1. The van der Waals surface area contributed by atoms with Crippen molar-refractivity contribution < 1.29 is 4.74 Å². The maximum atomic E-state index is 5.75. The van der Waals surface area contributed by atoms with E-state index in [0.717, 1.165) is 25.6 Å². The summed E-state index contributed by atoms with van der Waals surface area (Å²) in [5.41, 5.74) is 0. The van der Waals surface area contributed by atoms with Crippen molar-refractivity contribution in [1.29, 1.82) is 0 Å². The number of piperidine rings is 1. The van der Waals surface area contributed by atoms with E-state index in [0.29, 0.717) is 12.1 Å². The standard InChI is InChI=1S/C15H30N2O/c1-3-13-7-8-16-14(10-13)11-17(4-2)12-15-6-5-9-18-15/h13-16H,3-12H2,1-2H3. The second-order valence-corrected chi connectivity index (χ2v) is 5.94. The normalized spacial score (nSPS) is 33.2. The van der Waals surface area contributed by atoms with Crippen LogP contribution in [0.3, 0.4) is 0 Å². The highest BCUT2D eigenvalue weighted by Gasteiger charge is 2.24. The third-order valence-electron chi connectivity index (χ3n) is 4.59. The van der Waals surface area contributed by atoms with Gasteiger partial charge in [0, 0.05) is 25.7 Å². The van der Waals surface area contributed by atoms with Gasteiger partial charge in [-0.2, -0.15) is 0 Å². The molecule has 0 aliphatic carbocycles. The van der Waals surface area contributed by atoms with E-state index in [-0.39, 0.29) is 0 Å². The van der Waals surface area contributed by atoms with E-state index < -0.39 is 0 Å². The number of nitrogens with zero attached hydrogens (tertiary/aromatic N) is 1. The second-order valence-electron chi connectivity index (χ2n) is 5.94. The molecule has 0 spiro atoms. The van der Waals surface area contributed by atoms with E-state index in [4.69, 9.17) is 4.74 Å². The zero-order valence-corrected chi connectivity index (χ0v) is 12.2. The number of rotatable bonds is 6. The van der Waals surface area contributed by atoms with Crippen LogP contribution in [0.15, 0.2) is 0 Å². The van der Waals surface area contributed by atoms with E-state index >= 15 is 0 Å². The van der Waals surface area contributed by atoms with Crippen molar-refractivity contribution in [3.05, 3.63) is 0 Å². The van der Waals surface area contributed by atoms with Gasteiger partial charge in [0.05, 0.1) is 6.10 Å². The minimum atomic E-state index is 0.496. The summed E-state index contributed by atoms with van der Waals surface area (Å²) < 4.78 is 5.75. The van der Waals surface area contributed by atoms with Crippen LogP contribution in [0.4, 0.5) is 0 Å². The molecule has 2 rings (SSSR count). The highest BCUT2D eigenvalue weighted by Crippen LogP contribution is 2.20. The van der Waals surface area contributed by atoms with Crippen LogP contribution in [0.25, 0.3) is 0 Å². The molecule has 2 aliphatic rings. The quantitative estimate of drug-likeness (QED) is 0.787. The van der Waals surface area contributed by atoms with Gasteiger partial charge in [-0.05, 0) is 44.7 Å². The Balaban J connectivity index is 1.74. The predicted molar refractivity (Wildman–Crippen MR) is 75.9 cm³/mol. The molecule has 3 atom stereocenters. The molecule has 2 fully saturated rings. The summed E-state index contributed by atoms with van der Waals surface area (Å²) >= 11 is 0. The van der Waals surface area contributed by atoms with Gasteiger partial charge < -0.3 is 10.1 Å². The van der Waals surface area contributed by atoms with Gasteiger partial charge in [0.25, 0.3) is 0 Å². The first-order valence-corrected chi connectivity index (χ1v) is 7.89. The average molecular weight is 254 g/mol. The number of nitrogens with one attached hydrogen (secondary N) is 1. The first-order chi connectivity index (χ1) is 8.81. The van der Waals surface area contributed by atoms with Crippen molar-refractivity contribution >= 4 is 0 Å². The Morgan fingerprint density at radius 2 is 2.11 bits per heavy atom. The zero-order valence-electron chi connectivity index (χ0n) is 12.2. The van der Waals surface area contributed by atoms with Crippen molar-refractivity contribution in [3.63, 3.8) is 0 Å². The molecule has 3 heteroatoms. The average Bonchev–Trinajstić information content (AvgIpc) is 2.91. The molecule has 2 heterocycles. The summed E-state index contributed by atoms with van der Waals surface area (Å²) in [6.07, 6.45) is 7.07. The molecule has 106 valence electrons. The van der Waals surface area contributed by atoms with Gasteiger partial charge in [0.1, 0.15) is 0 Å². The van der Waals surface area contributed by atoms with E-state index in [1.54, 1.807) is 0 Å². The molecular weight excluding hydrogens is 224 g/mol. The number of hydrogen-bond acceptors (Lipinski definition) is 3. The molecule has 0 aromatic heterocycles. The van der Waals surface area contributed by atoms with Gasteiger partial charge in [0.2, 0.25) is 0 Å². The molecule has 0 saturated carbocycles. The van der Waals surface area contributed by atoms with E-state index in [1.807, 2.05) is 0 Å². The lowest BCUT2D eigenvalue weighted by Crippen LogP contribution is -2.47. The molecule has 0 aromatic carbocycles. The van der Waals surface area contributed by atoms with Crippen molar-refractivity contribution in [2.24, 2.45) is 5.92 Å². The van der Waals surface area contributed by atoms with Gasteiger partial charge in [-0.25, -0.2) is 0 Å². The van der Waals surface area contributed by atoms with Gasteiger partial charge in [-0.3, -0.25) is 4.90 Å². The lowest BCUT2D eigenvalue weighted by atomic mass is 9.90. The second kappa shape index (κ2) is 7.46. The van der Waals surface area contributed by atoms with Gasteiger partial charge >= 0.3 is 0 Å². The van der Waals surface area contributed by atoms with E-state index in [1.165, 1.54) is 45.2 Å². The van der Waals surface area contributed by atoms with Crippen LogP contribution in [0.5, 0.6) is 0 Å². The number of hydrogen-bond donors (Lipinski definition) is 1. The summed E-state index contributed by atoms with van der Waals surface area (Å²) in [5, 5.41) is 3.69. The monoisotopic (exact) mass is 254 g/mol. The lowest BCUT2D eigenvalue weighted by molar-refractivity contribution is 0.0688. The lowest BCUT2D eigenvalue weighted by Gasteiger charge is -2.34. The molecule has 0 bridgehead atoms. The zero-order chi connectivity index (χ0) is 12.8. The third-order valence-corrected chi connectivity index (χ3v) is 4.59. The summed E-state index contributed by atoms with van der Waals surface area (Å²) in [6, 6.07) is 0.699. The molecular formula is C15H30N2O. The summed E-state index contributed by atoms with van der Waals surface area (Å²) in [5.74, 6) is 0.942. The minimum Gasteiger partial charge on any atom is -0.377 e. The fourth-order valence-electron chi connectivity index (χ4n) is 3.33. The Labute approximate surface area is 112 Å². The number of likely N-dealkylation sites (N-methyl/N-ethyl adjacent to an activating group) is 1. The van der Waals surface area contributed by atoms with Gasteiger partial charge in [-0.1, -0.05) is 20.3 Å². The van der Waals surface area contributed by atoms with E-state index in [9.17, 15) is 0 Å². The maximum Gasteiger partial charge on any atom is 0.0702 e. The highest BCUT2D eigenvalue weighted by atomic mass is 16.5. The highest BCUT2D eigenvalue weighted by molar-refractivity contribution is 4.81. The Morgan fingerprint density at radius 3 is 2.78 bits per heavy atom.